The standard InChI is InChI=1S/C18H26FN3O2/c19-14-6-7-16(22-10-4-1-5-11-22)15(12-14)20-17(24)21-18(13-23)8-2-3-9-18/h6-7,12,23H,1-5,8-11,13H2,(H2,20,21,24). The molecule has 6 heteroatoms. The molecule has 1 aromatic carbocycles. The van der Waals surface area contributed by atoms with E-state index < -0.39 is 5.54 Å². The van der Waals surface area contributed by atoms with Crippen molar-refractivity contribution in [2.45, 2.75) is 50.5 Å². The van der Waals surface area contributed by atoms with E-state index in [0.29, 0.717) is 5.69 Å². The van der Waals surface area contributed by atoms with Gasteiger partial charge >= 0.3 is 6.03 Å². The minimum atomic E-state index is -0.539. The minimum absolute atomic E-state index is 0.0669. The van der Waals surface area contributed by atoms with E-state index in [2.05, 4.69) is 15.5 Å². The van der Waals surface area contributed by atoms with E-state index in [1.807, 2.05) is 0 Å². The first kappa shape index (κ1) is 17.0. The normalized spacial score (nSPS) is 20.0. The van der Waals surface area contributed by atoms with Crippen LogP contribution in [-0.2, 0) is 0 Å². The number of hydrogen-bond donors (Lipinski definition) is 3. The Morgan fingerprint density at radius 2 is 1.88 bits per heavy atom. The van der Waals surface area contributed by atoms with Gasteiger partial charge in [-0.15, -0.1) is 0 Å². The van der Waals surface area contributed by atoms with E-state index in [1.54, 1.807) is 6.07 Å². The Hall–Kier alpha value is -1.82. The number of benzene rings is 1. The minimum Gasteiger partial charge on any atom is -0.394 e. The van der Waals surface area contributed by atoms with Gasteiger partial charge in [-0.3, -0.25) is 0 Å². The van der Waals surface area contributed by atoms with Gasteiger partial charge in [-0.05, 0) is 50.3 Å². The molecule has 1 aromatic rings. The van der Waals surface area contributed by atoms with Crippen molar-refractivity contribution in [3.8, 4) is 0 Å². The van der Waals surface area contributed by atoms with Crippen molar-refractivity contribution >= 4 is 17.4 Å². The molecule has 132 valence electrons. The van der Waals surface area contributed by atoms with E-state index >= 15 is 0 Å². The van der Waals surface area contributed by atoms with Gasteiger partial charge in [0.15, 0.2) is 0 Å². The second-order valence-electron chi connectivity index (χ2n) is 6.93. The van der Waals surface area contributed by atoms with Crippen LogP contribution in [0.1, 0.15) is 44.9 Å². The van der Waals surface area contributed by atoms with Gasteiger partial charge in [0, 0.05) is 13.1 Å². The van der Waals surface area contributed by atoms with E-state index in [0.717, 1.165) is 57.3 Å². The highest BCUT2D eigenvalue weighted by molar-refractivity contribution is 5.93. The number of halogens is 1. The van der Waals surface area contributed by atoms with Gasteiger partial charge in [0.25, 0.3) is 0 Å². The van der Waals surface area contributed by atoms with Crippen molar-refractivity contribution in [3.63, 3.8) is 0 Å². The maximum atomic E-state index is 13.7. The van der Waals surface area contributed by atoms with E-state index in [-0.39, 0.29) is 18.5 Å². The molecule has 2 amide bonds. The number of nitrogens with one attached hydrogen (secondary N) is 2. The Balaban J connectivity index is 1.73. The summed E-state index contributed by atoms with van der Waals surface area (Å²) in [6.07, 6.45) is 6.98. The lowest BCUT2D eigenvalue weighted by Crippen LogP contribution is -2.50. The van der Waals surface area contributed by atoms with Crippen molar-refractivity contribution in [3.05, 3.63) is 24.0 Å². The molecule has 2 aliphatic rings. The SMILES string of the molecule is O=C(Nc1cc(F)ccc1N1CCCCC1)NC1(CO)CCCC1. The van der Waals surface area contributed by atoms with Gasteiger partial charge in [0.05, 0.1) is 23.5 Å². The molecule has 0 bridgehead atoms. The smallest absolute Gasteiger partial charge is 0.319 e. The Morgan fingerprint density at radius 1 is 1.17 bits per heavy atom. The van der Waals surface area contributed by atoms with Crippen LogP contribution in [0.3, 0.4) is 0 Å². The summed E-state index contributed by atoms with van der Waals surface area (Å²) in [5, 5.41) is 15.3. The van der Waals surface area contributed by atoms with Gasteiger partial charge < -0.3 is 20.6 Å². The first-order valence-corrected chi connectivity index (χ1v) is 8.86. The highest BCUT2D eigenvalue weighted by Crippen LogP contribution is 2.31. The van der Waals surface area contributed by atoms with Gasteiger partial charge in [-0.1, -0.05) is 12.8 Å². The molecule has 0 atom stereocenters. The fourth-order valence-electron chi connectivity index (χ4n) is 3.79. The predicted molar refractivity (Wildman–Crippen MR) is 92.9 cm³/mol. The van der Waals surface area contributed by atoms with Crippen LogP contribution in [0.4, 0.5) is 20.6 Å². The monoisotopic (exact) mass is 335 g/mol. The van der Waals surface area contributed by atoms with Crippen LogP contribution in [0.15, 0.2) is 18.2 Å². The number of aliphatic hydroxyl groups is 1. The second-order valence-corrected chi connectivity index (χ2v) is 6.93. The zero-order valence-electron chi connectivity index (χ0n) is 14.0. The fourth-order valence-corrected chi connectivity index (χ4v) is 3.79. The molecule has 1 aliphatic carbocycles. The number of carbonyl (C=O) groups is 1. The van der Waals surface area contributed by atoms with Crippen LogP contribution in [0.25, 0.3) is 0 Å². The average Bonchev–Trinajstić information content (AvgIpc) is 3.04. The zero-order chi connectivity index (χ0) is 17.0. The van der Waals surface area contributed by atoms with Crippen LogP contribution in [0.2, 0.25) is 0 Å². The molecule has 2 fully saturated rings. The number of aliphatic hydroxyl groups excluding tert-OH is 1. The molecule has 0 unspecified atom stereocenters. The zero-order valence-corrected chi connectivity index (χ0v) is 14.0. The molecule has 0 radical (unpaired) electrons. The number of nitrogens with zero attached hydrogens (tertiary/aromatic N) is 1. The highest BCUT2D eigenvalue weighted by atomic mass is 19.1. The molecule has 1 aliphatic heterocycles. The molecule has 1 saturated carbocycles. The number of hydrogen-bond acceptors (Lipinski definition) is 3. The maximum Gasteiger partial charge on any atom is 0.319 e. The van der Waals surface area contributed by atoms with Crippen molar-refractivity contribution in [2.24, 2.45) is 0 Å². The van der Waals surface area contributed by atoms with Crippen LogP contribution in [0.5, 0.6) is 0 Å². The molecule has 5 nitrogen and oxygen atoms in total. The Morgan fingerprint density at radius 3 is 2.54 bits per heavy atom. The summed E-state index contributed by atoms with van der Waals surface area (Å²) in [5.41, 5.74) is 0.805. The molecular weight excluding hydrogens is 309 g/mol. The van der Waals surface area contributed by atoms with Gasteiger partial charge in [-0.2, -0.15) is 0 Å². The number of rotatable bonds is 4. The van der Waals surface area contributed by atoms with Crippen LogP contribution < -0.4 is 15.5 Å². The Kier molecular flexibility index (Phi) is 5.23. The van der Waals surface area contributed by atoms with Crippen molar-refractivity contribution in [1.29, 1.82) is 0 Å². The molecular formula is C18H26FN3O2. The third kappa shape index (κ3) is 3.80. The van der Waals surface area contributed by atoms with E-state index in [4.69, 9.17) is 0 Å². The summed E-state index contributed by atoms with van der Waals surface area (Å²) < 4.78 is 13.7. The number of urea groups is 1. The third-order valence-corrected chi connectivity index (χ3v) is 5.15. The van der Waals surface area contributed by atoms with Crippen molar-refractivity contribution in [1.82, 2.24) is 5.32 Å². The van der Waals surface area contributed by atoms with Crippen LogP contribution >= 0.6 is 0 Å². The topological polar surface area (TPSA) is 64.6 Å². The van der Waals surface area contributed by atoms with Crippen molar-refractivity contribution < 1.29 is 14.3 Å². The summed E-state index contributed by atoms with van der Waals surface area (Å²) in [6.45, 7) is 1.77. The van der Waals surface area contributed by atoms with Crippen LogP contribution in [0, 0.1) is 5.82 Å². The molecule has 24 heavy (non-hydrogen) atoms. The molecule has 1 heterocycles. The molecule has 0 spiro atoms. The molecule has 0 aromatic heterocycles. The van der Waals surface area contributed by atoms with E-state index in [9.17, 15) is 14.3 Å². The largest absolute Gasteiger partial charge is 0.394 e. The van der Waals surface area contributed by atoms with Crippen molar-refractivity contribution in [2.75, 3.05) is 29.9 Å². The molecule has 3 N–H and O–H groups in total. The summed E-state index contributed by atoms with van der Waals surface area (Å²) in [5.74, 6) is -0.371. The summed E-state index contributed by atoms with van der Waals surface area (Å²) in [7, 11) is 0. The van der Waals surface area contributed by atoms with Gasteiger partial charge in [0.2, 0.25) is 0 Å². The third-order valence-electron chi connectivity index (χ3n) is 5.15. The fraction of sp³-hybridized carbons (Fsp3) is 0.611. The number of anilines is 2. The summed E-state index contributed by atoms with van der Waals surface area (Å²) >= 11 is 0. The second kappa shape index (κ2) is 7.38. The predicted octanol–water partition coefficient (Wildman–Crippen LogP) is 3.24. The first-order chi connectivity index (χ1) is 11.6. The Bertz CT molecular complexity index is 582. The lowest BCUT2D eigenvalue weighted by atomic mass is 9.99. The quantitative estimate of drug-likeness (QED) is 0.791. The maximum absolute atomic E-state index is 13.7. The lowest BCUT2D eigenvalue weighted by Gasteiger charge is -2.31. The number of carbonyl (C=O) groups excluding carboxylic acids is 1. The number of amides is 2. The van der Waals surface area contributed by atoms with Gasteiger partial charge in [0.1, 0.15) is 5.82 Å². The average molecular weight is 335 g/mol. The van der Waals surface area contributed by atoms with Crippen LogP contribution in [-0.4, -0.2) is 36.4 Å². The molecule has 1 saturated heterocycles. The van der Waals surface area contributed by atoms with E-state index in [1.165, 1.54) is 18.6 Å². The first-order valence-electron chi connectivity index (χ1n) is 8.86. The van der Waals surface area contributed by atoms with Gasteiger partial charge in [-0.25, -0.2) is 9.18 Å². The Labute approximate surface area is 142 Å². The summed E-state index contributed by atoms with van der Waals surface area (Å²) in [4.78, 5) is 14.6. The highest BCUT2D eigenvalue weighted by Gasteiger charge is 2.34. The molecule has 3 rings (SSSR count). The summed E-state index contributed by atoms with van der Waals surface area (Å²) in [6, 6.07) is 4.14. The lowest BCUT2D eigenvalue weighted by molar-refractivity contribution is 0.167. The number of piperidine rings is 1.